The van der Waals surface area contributed by atoms with Crippen molar-refractivity contribution in [3.63, 3.8) is 0 Å². The highest BCUT2D eigenvalue weighted by molar-refractivity contribution is 5.82. The molecule has 6 nitrogen and oxygen atoms in total. The Labute approximate surface area is 75.1 Å². The smallest absolute Gasteiger partial charge is 0.365 e. The van der Waals surface area contributed by atoms with Gasteiger partial charge in [-0.25, -0.2) is 4.79 Å². The van der Waals surface area contributed by atoms with Gasteiger partial charge in [-0.3, -0.25) is 4.79 Å². The van der Waals surface area contributed by atoms with Crippen molar-refractivity contribution in [3.8, 4) is 0 Å². The van der Waals surface area contributed by atoms with Crippen molar-refractivity contribution in [1.29, 1.82) is 0 Å². The zero-order valence-electron chi connectivity index (χ0n) is 7.44. The maximum absolute atomic E-state index is 10.7. The summed E-state index contributed by atoms with van der Waals surface area (Å²) in [6, 6.07) is 0. The summed E-state index contributed by atoms with van der Waals surface area (Å²) in [5.74, 6) is -4.81. The molecule has 1 unspecified atom stereocenters. The predicted octanol–water partition coefficient (Wildman–Crippen LogP) is -0.0751. The molecule has 0 saturated carbocycles. The Morgan fingerprint density at radius 1 is 1.38 bits per heavy atom. The van der Waals surface area contributed by atoms with Gasteiger partial charge in [0.1, 0.15) is 6.42 Å². The highest BCUT2D eigenvalue weighted by Gasteiger charge is 2.42. The molecule has 0 radical (unpaired) electrons. The molecule has 0 heterocycles. The van der Waals surface area contributed by atoms with E-state index in [2.05, 4.69) is 4.74 Å². The lowest BCUT2D eigenvalue weighted by Gasteiger charge is -2.25. The first-order valence-corrected chi connectivity index (χ1v) is 3.62. The molecule has 0 fully saturated rings. The fourth-order valence-corrected chi connectivity index (χ4v) is 0.839. The Bertz CT molecular complexity index is 201. The fourth-order valence-electron chi connectivity index (χ4n) is 0.839. The van der Waals surface area contributed by atoms with Crippen LogP contribution in [0.4, 0.5) is 0 Å². The summed E-state index contributed by atoms with van der Waals surface area (Å²) in [6.07, 6.45) is -0.729. The maximum atomic E-state index is 10.7. The van der Waals surface area contributed by atoms with Crippen LogP contribution in [0.2, 0.25) is 0 Å². The summed E-state index contributed by atoms with van der Waals surface area (Å²) in [4.78, 5) is 21.0. The molecular formula is C7H12O6. The van der Waals surface area contributed by atoms with Crippen LogP contribution < -0.4 is 0 Å². The third-order valence-corrected chi connectivity index (χ3v) is 1.42. The summed E-state index contributed by atoms with van der Waals surface area (Å²) in [6.45, 7) is 1.62. The number of aliphatic carboxylic acids is 2. The summed E-state index contributed by atoms with van der Waals surface area (Å²) in [5.41, 5.74) is 0. The number of carbonyl (C=O) groups is 2. The first-order chi connectivity index (χ1) is 5.98. The van der Waals surface area contributed by atoms with Gasteiger partial charge in [-0.15, -0.1) is 0 Å². The molecule has 76 valence electrons. The molecule has 6 heteroatoms. The van der Waals surface area contributed by atoms with E-state index >= 15 is 0 Å². The largest absolute Gasteiger partial charge is 0.481 e. The van der Waals surface area contributed by atoms with E-state index < -0.39 is 24.1 Å². The first-order valence-electron chi connectivity index (χ1n) is 3.62. The monoisotopic (exact) mass is 192 g/mol. The van der Waals surface area contributed by atoms with Crippen LogP contribution in [0.15, 0.2) is 0 Å². The summed E-state index contributed by atoms with van der Waals surface area (Å²) in [5, 5.41) is 17.1. The van der Waals surface area contributed by atoms with E-state index in [0.717, 1.165) is 7.11 Å². The van der Waals surface area contributed by atoms with Crippen LogP contribution in [0.5, 0.6) is 0 Å². The number of carboxylic acid groups (broad SMARTS) is 2. The van der Waals surface area contributed by atoms with Gasteiger partial charge in [0.05, 0.1) is 0 Å². The molecule has 2 N–H and O–H groups in total. The molecule has 0 aliphatic rings. The third kappa shape index (κ3) is 3.00. The second-order valence-electron chi connectivity index (χ2n) is 2.27. The molecule has 0 aromatic rings. The van der Waals surface area contributed by atoms with Crippen molar-refractivity contribution >= 4 is 11.9 Å². The zero-order chi connectivity index (χ0) is 10.5. The van der Waals surface area contributed by atoms with Crippen LogP contribution in [0.1, 0.15) is 13.3 Å². The van der Waals surface area contributed by atoms with E-state index in [-0.39, 0.29) is 6.61 Å². The number of ether oxygens (including phenoxy) is 2. The molecule has 0 rings (SSSR count). The SMILES string of the molecule is CCOC(CC(=O)O)(OC)C(=O)O. The van der Waals surface area contributed by atoms with Crippen molar-refractivity contribution in [1.82, 2.24) is 0 Å². The Hall–Kier alpha value is -1.14. The number of methoxy groups -OCH3 is 1. The van der Waals surface area contributed by atoms with Crippen LogP contribution in [0.3, 0.4) is 0 Å². The second kappa shape index (κ2) is 4.78. The Kier molecular flexibility index (Phi) is 4.36. The minimum Gasteiger partial charge on any atom is -0.481 e. The van der Waals surface area contributed by atoms with Gasteiger partial charge in [-0.2, -0.15) is 0 Å². The van der Waals surface area contributed by atoms with E-state index in [1.54, 1.807) is 6.92 Å². The summed E-state index contributed by atoms with van der Waals surface area (Å²) >= 11 is 0. The molecule has 0 saturated heterocycles. The van der Waals surface area contributed by atoms with Crippen LogP contribution in [0, 0.1) is 0 Å². The van der Waals surface area contributed by atoms with Gasteiger partial charge in [-0.1, -0.05) is 0 Å². The van der Waals surface area contributed by atoms with Gasteiger partial charge < -0.3 is 19.7 Å². The molecule has 0 spiro atoms. The van der Waals surface area contributed by atoms with E-state index in [1.807, 2.05) is 0 Å². The Morgan fingerprint density at radius 2 is 1.92 bits per heavy atom. The van der Waals surface area contributed by atoms with Gasteiger partial charge in [0.15, 0.2) is 0 Å². The number of carboxylic acids is 2. The van der Waals surface area contributed by atoms with Crippen molar-refractivity contribution < 1.29 is 29.3 Å². The summed E-state index contributed by atoms with van der Waals surface area (Å²) in [7, 11) is 1.09. The highest BCUT2D eigenvalue weighted by atomic mass is 16.7. The minimum absolute atomic E-state index is 0.0629. The summed E-state index contributed by atoms with van der Waals surface area (Å²) < 4.78 is 9.30. The normalized spacial score (nSPS) is 14.9. The van der Waals surface area contributed by atoms with E-state index in [4.69, 9.17) is 14.9 Å². The number of hydrogen-bond donors (Lipinski definition) is 2. The van der Waals surface area contributed by atoms with Crippen LogP contribution in [-0.2, 0) is 19.1 Å². The van der Waals surface area contributed by atoms with E-state index in [9.17, 15) is 9.59 Å². The predicted molar refractivity (Wildman–Crippen MR) is 41.3 cm³/mol. The fraction of sp³-hybridized carbons (Fsp3) is 0.714. The third-order valence-electron chi connectivity index (χ3n) is 1.42. The molecule has 0 aromatic heterocycles. The molecule has 0 amide bonds. The lowest BCUT2D eigenvalue weighted by atomic mass is 10.2. The molecule has 0 aromatic carbocycles. The van der Waals surface area contributed by atoms with Crippen LogP contribution >= 0.6 is 0 Å². The van der Waals surface area contributed by atoms with Crippen molar-refractivity contribution in [3.05, 3.63) is 0 Å². The molecule has 0 aliphatic carbocycles. The molecular weight excluding hydrogens is 180 g/mol. The van der Waals surface area contributed by atoms with Gasteiger partial charge in [0, 0.05) is 13.7 Å². The maximum Gasteiger partial charge on any atom is 0.365 e. The lowest BCUT2D eigenvalue weighted by molar-refractivity contribution is -0.237. The van der Waals surface area contributed by atoms with Crippen molar-refractivity contribution in [2.24, 2.45) is 0 Å². The first kappa shape index (κ1) is 11.9. The lowest BCUT2D eigenvalue weighted by Crippen LogP contribution is -2.45. The average molecular weight is 192 g/mol. The Balaban J connectivity index is 4.64. The van der Waals surface area contributed by atoms with Gasteiger partial charge in [-0.05, 0) is 6.92 Å². The van der Waals surface area contributed by atoms with Gasteiger partial charge in [0.2, 0.25) is 0 Å². The molecule has 0 bridgehead atoms. The number of hydrogen-bond acceptors (Lipinski definition) is 4. The standard InChI is InChI=1S/C7H12O6/c1-3-13-7(12-2,6(10)11)4-5(8)9/h3-4H2,1-2H3,(H,8,9)(H,10,11). The highest BCUT2D eigenvalue weighted by Crippen LogP contribution is 2.17. The molecule has 0 aliphatic heterocycles. The van der Waals surface area contributed by atoms with E-state index in [1.165, 1.54) is 0 Å². The van der Waals surface area contributed by atoms with Crippen molar-refractivity contribution in [2.75, 3.05) is 13.7 Å². The topological polar surface area (TPSA) is 93.1 Å². The van der Waals surface area contributed by atoms with Crippen LogP contribution in [-0.4, -0.2) is 41.7 Å². The Morgan fingerprint density at radius 3 is 2.15 bits per heavy atom. The van der Waals surface area contributed by atoms with Crippen LogP contribution in [0.25, 0.3) is 0 Å². The quantitative estimate of drug-likeness (QED) is 0.572. The van der Waals surface area contributed by atoms with Crippen molar-refractivity contribution in [2.45, 2.75) is 19.1 Å². The number of rotatable bonds is 6. The van der Waals surface area contributed by atoms with Gasteiger partial charge >= 0.3 is 11.9 Å². The second-order valence-corrected chi connectivity index (χ2v) is 2.27. The minimum atomic E-state index is -2.07. The van der Waals surface area contributed by atoms with Gasteiger partial charge in [0.25, 0.3) is 5.79 Å². The molecule has 13 heavy (non-hydrogen) atoms. The van der Waals surface area contributed by atoms with E-state index in [0.29, 0.717) is 0 Å². The zero-order valence-corrected chi connectivity index (χ0v) is 7.44. The molecule has 1 atom stereocenters. The average Bonchev–Trinajstić information content (AvgIpc) is 2.02.